The molecule has 3 N–H and O–H groups in total. The fourth-order valence-electron chi connectivity index (χ4n) is 2.49. The molecule has 0 aliphatic carbocycles. The van der Waals surface area contributed by atoms with Crippen LogP contribution in [0.15, 0.2) is 41.4 Å². The summed E-state index contributed by atoms with van der Waals surface area (Å²) in [5.74, 6) is 0.424. The number of nitrogens with one attached hydrogen (secondary N) is 1. The van der Waals surface area contributed by atoms with Gasteiger partial charge < -0.3 is 11.1 Å². The maximum absolute atomic E-state index is 13.5. The third-order valence-electron chi connectivity index (χ3n) is 3.60. The van der Waals surface area contributed by atoms with Crippen molar-refractivity contribution in [1.82, 2.24) is 10.3 Å². The van der Waals surface area contributed by atoms with Gasteiger partial charge in [0.1, 0.15) is 5.82 Å². The molecule has 0 saturated heterocycles. The highest BCUT2D eigenvalue weighted by Crippen LogP contribution is 2.36. The third kappa shape index (κ3) is 3.13. The van der Waals surface area contributed by atoms with Gasteiger partial charge in [-0.1, -0.05) is 0 Å². The van der Waals surface area contributed by atoms with E-state index in [9.17, 15) is 9.18 Å². The number of carbonyl (C=O) groups is 1. The minimum absolute atomic E-state index is 0.172. The molecule has 0 spiro atoms. The normalized spacial score (nSPS) is 16.9. The van der Waals surface area contributed by atoms with E-state index in [1.165, 1.54) is 12.1 Å². The first-order chi connectivity index (χ1) is 10.7. The van der Waals surface area contributed by atoms with Gasteiger partial charge in [0.2, 0.25) is 0 Å². The van der Waals surface area contributed by atoms with Crippen LogP contribution in [0.2, 0.25) is 0 Å². The smallest absolute Gasteiger partial charge is 0.251 e. The van der Waals surface area contributed by atoms with E-state index in [4.69, 9.17) is 5.73 Å². The Morgan fingerprint density at radius 3 is 3.09 bits per heavy atom. The zero-order valence-corrected chi connectivity index (χ0v) is 12.7. The molecule has 1 aromatic heterocycles. The van der Waals surface area contributed by atoms with Gasteiger partial charge in [-0.15, -0.1) is 11.8 Å². The Kier molecular flexibility index (Phi) is 4.40. The van der Waals surface area contributed by atoms with Crippen LogP contribution < -0.4 is 11.1 Å². The number of hydrogen-bond acceptors (Lipinski definition) is 4. The Morgan fingerprint density at radius 1 is 1.41 bits per heavy atom. The van der Waals surface area contributed by atoms with E-state index in [-0.39, 0.29) is 24.3 Å². The van der Waals surface area contributed by atoms with Gasteiger partial charge in [-0.3, -0.25) is 9.78 Å². The molecule has 0 fully saturated rings. The standard InChI is InChI=1S/C16H16FN3OS/c17-11-1-2-15-13(8-11)14(4-6-22-15)20-16(21)10-3-5-19-12(7-10)9-18/h1-3,5,7-8,14H,4,6,9,18H2,(H,20,21). The second-order valence-electron chi connectivity index (χ2n) is 5.09. The van der Waals surface area contributed by atoms with Gasteiger partial charge in [-0.2, -0.15) is 0 Å². The molecule has 0 radical (unpaired) electrons. The van der Waals surface area contributed by atoms with Gasteiger partial charge in [-0.05, 0) is 42.3 Å². The molecule has 1 unspecified atom stereocenters. The second kappa shape index (κ2) is 6.46. The lowest BCUT2D eigenvalue weighted by Crippen LogP contribution is -2.30. The Hall–Kier alpha value is -1.92. The van der Waals surface area contributed by atoms with E-state index in [1.54, 1.807) is 36.2 Å². The van der Waals surface area contributed by atoms with Gasteiger partial charge >= 0.3 is 0 Å². The van der Waals surface area contributed by atoms with Gasteiger partial charge in [0, 0.05) is 29.0 Å². The third-order valence-corrected chi connectivity index (χ3v) is 4.73. The summed E-state index contributed by atoms with van der Waals surface area (Å²) in [5, 5.41) is 2.98. The topological polar surface area (TPSA) is 68.0 Å². The minimum atomic E-state index is -0.283. The summed E-state index contributed by atoms with van der Waals surface area (Å²) < 4.78 is 13.5. The van der Waals surface area contributed by atoms with Crippen molar-refractivity contribution in [1.29, 1.82) is 0 Å². The van der Waals surface area contributed by atoms with E-state index in [1.807, 2.05) is 0 Å². The van der Waals surface area contributed by atoms with Gasteiger partial charge in [0.05, 0.1) is 11.7 Å². The summed E-state index contributed by atoms with van der Waals surface area (Å²) in [4.78, 5) is 17.5. The monoisotopic (exact) mass is 317 g/mol. The van der Waals surface area contributed by atoms with Gasteiger partial charge in [-0.25, -0.2) is 4.39 Å². The number of benzene rings is 1. The highest BCUT2D eigenvalue weighted by molar-refractivity contribution is 7.99. The molecule has 3 rings (SSSR count). The van der Waals surface area contributed by atoms with Crippen LogP contribution in [0, 0.1) is 5.82 Å². The number of aromatic nitrogens is 1. The summed E-state index contributed by atoms with van der Waals surface area (Å²) in [7, 11) is 0. The van der Waals surface area contributed by atoms with Crippen LogP contribution in [0.4, 0.5) is 4.39 Å². The molecule has 1 aliphatic rings. The van der Waals surface area contributed by atoms with E-state index in [0.717, 1.165) is 22.6 Å². The van der Waals surface area contributed by atoms with Crippen LogP contribution >= 0.6 is 11.8 Å². The maximum atomic E-state index is 13.5. The van der Waals surface area contributed by atoms with Crippen LogP contribution in [0.5, 0.6) is 0 Å². The first-order valence-electron chi connectivity index (χ1n) is 7.05. The lowest BCUT2D eigenvalue weighted by atomic mass is 10.0. The van der Waals surface area contributed by atoms with E-state index < -0.39 is 0 Å². The van der Waals surface area contributed by atoms with E-state index in [2.05, 4.69) is 10.3 Å². The number of rotatable bonds is 3. The number of fused-ring (bicyclic) bond motifs is 1. The molecule has 1 aliphatic heterocycles. The zero-order chi connectivity index (χ0) is 15.5. The van der Waals surface area contributed by atoms with E-state index >= 15 is 0 Å². The van der Waals surface area contributed by atoms with Crippen molar-refractivity contribution < 1.29 is 9.18 Å². The van der Waals surface area contributed by atoms with Crippen molar-refractivity contribution in [3.05, 3.63) is 59.2 Å². The van der Waals surface area contributed by atoms with Crippen molar-refractivity contribution in [2.75, 3.05) is 5.75 Å². The summed E-state index contributed by atoms with van der Waals surface area (Å²) in [5.41, 5.74) is 7.57. The molecular formula is C16H16FN3OS. The molecule has 2 aromatic rings. The average Bonchev–Trinajstić information content (AvgIpc) is 2.55. The van der Waals surface area contributed by atoms with Crippen molar-refractivity contribution in [2.45, 2.75) is 23.9 Å². The SMILES string of the molecule is NCc1cc(C(=O)NC2CCSc3ccc(F)cc32)ccn1. The predicted molar refractivity (Wildman–Crippen MR) is 84.1 cm³/mol. The fraction of sp³-hybridized carbons (Fsp3) is 0.250. The molecule has 114 valence electrons. The molecule has 1 atom stereocenters. The Balaban J connectivity index is 1.82. The average molecular weight is 317 g/mol. The van der Waals surface area contributed by atoms with Crippen LogP contribution in [0.25, 0.3) is 0 Å². The number of thioether (sulfide) groups is 1. The predicted octanol–water partition coefficient (Wildman–Crippen LogP) is 2.65. The molecule has 1 aromatic carbocycles. The highest BCUT2D eigenvalue weighted by atomic mass is 32.2. The number of amides is 1. The van der Waals surface area contributed by atoms with Crippen LogP contribution in [-0.2, 0) is 6.54 Å². The first kappa shape index (κ1) is 15.0. The van der Waals surface area contributed by atoms with Crippen LogP contribution in [-0.4, -0.2) is 16.6 Å². The number of pyridine rings is 1. The van der Waals surface area contributed by atoms with Crippen molar-refractivity contribution in [2.24, 2.45) is 5.73 Å². The number of hydrogen-bond donors (Lipinski definition) is 2. The summed E-state index contributed by atoms with van der Waals surface area (Å²) in [6.45, 7) is 0.287. The lowest BCUT2D eigenvalue weighted by molar-refractivity contribution is 0.0934. The van der Waals surface area contributed by atoms with Gasteiger partial charge in [0.25, 0.3) is 5.91 Å². The summed E-state index contributed by atoms with van der Waals surface area (Å²) >= 11 is 1.69. The number of nitrogens with zero attached hydrogens (tertiary/aromatic N) is 1. The van der Waals surface area contributed by atoms with E-state index in [0.29, 0.717) is 11.3 Å². The minimum Gasteiger partial charge on any atom is -0.345 e. The highest BCUT2D eigenvalue weighted by Gasteiger charge is 2.23. The molecular weight excluding hydrogens is 301 g/mol. The zero-order valence-electron chi connectivity index (χ0n) is 11.9. The van der Waals surface area contributed by atoms with Gasteiger partial charge in [0.15, 0.2) is 0 Å². The van der Waals surface area contributed by atoms with Crippen molar-refractivity contribution >= 4 is 17.7 Å². The number of nitrogens with two attached hydrogens (primary N) is 1. The molecule has 1 amide bonds. The van der Waals surface area contributed by atoms with Crippen LogP contribution in [0.1, 0.15) is 34.1 Å². The van der Waals surface area contributed by atoms with Crippen molar-refractivity contribution in [3.8, 4) is 0 Å². The molecule has 0 saturated carbocycles. The molecule has 2 heterocycles. The summed E-state index contributed by atoms with van der Waals surface area (Å²) in [6.07, 6.45) is 2.35. The molecule has 0 bridgehead atoms. The first-order valence-corrected chi connectivity index (χ1v) is 8.04. The Bertz CT molecular complexity index is 708. The number of carbonyl (C=O) groups excluding carboxylic acids is 1. The largest absolute Gasteiger partial charge is 0.345 e. The lowest BCUT2D eigenvalue weighted by Gasteiger charge is -2.26. The van der Waals surface area contributed by atoms with Crippen LogP contribution in [0.3, 0.4) is 0 Å². The Morgan fingerprint density at radius 2 is 2.27 bits per heavy atom. The molecule has 6 heteroatoms. The fourth-order valence-corrected chi connectivity index (χ4v) is 3.59. The molecule has 22 heavy (non-hydrogen) atoms. The quantitative estimate of drug-likeness (QED) is 0.913. The maximum Gasteiger partial charge on any atom is 0.251 e. The summed E-state index contributed by atoms with van der Waals surface area (Å²) in [6, 6.07) is 7.88. The number of halogens is 1. The second-order valence-corrected chi connectivity index (χ2v) is 6.22. The molecule has 4 nitrogen and oxygen atoms in total. The Labute approximate surface area is 132 Å². The van der Waals surface area contributed by atoms with Crippen molar-refractivity contribution in [3.63, 3.8) is 0 Å².